The molecule has 0 aliphatic heterocycles. The van der Waals surface area contributed by atoms with Crippen LogP contribution in [0.3, 0.4) is 0 Å². The number of hydrogen-bond donors (Lipinski definition) is 2. The Morgan fingerprint density at radius 1 is 1.45 bits per heavy atom. The Morgan fingerprint density at radius 2 is 2.14 bits per heavy atom. The molecular weight excluding hydrogens is 384 g/mol. The Balaban J connectivity index is 3.41. The summed E-state index contributed by atoms with van der Waals surface area (Å²) in [5, 5.41) is 12.0. The van der Waals surface area contributed by atoms with Gasteiger partial charge in [0.2, 0.25) is 0 Å². The van der Waals surface area contributed by atoms with Gasteiger partial charge >= 0.3 is 0 Å². The summed E-state index contributed by atoms with van der Waals surface area (Å²) in [5.74, 6) is 0. The first-order valence-electron chi connectivity index (χ1n) is 9.08. The van der Waals surface area contributed by atoms with Crippen LogP contribution in [0.2, 0.25) is 0 Å². The molecule has 0 spiro atoms. The fourth-order valence-corrected chi connectivity index (χ4v) is 4.05. The molecule has 3 N–H and O–H groups in total. The third-order valence-corrected chi connectivity index (χ3v) is 5.93. The molecule has 0 saturated carbocycles. The van der Waals surface area contributed by atoms with E-state index in [4.69, 9.17) is 11.0 Å². The quantitative estimate of drug-likeness (QED) is 0.330. The van der Waals surface area contributed by atoms with Gasteiger partial charge in [-0.15, -0.1) is 0 Å². The van der Waals surface area contributed by atoms with E-state index < -0.39 is 11.0 Å². The predicted molar refractivity (Wildman–Crippen MR) is 119 cm³/mol. The second kappa shape index (κ2) is 11.8. The van der Waals surface area contributed by atoms with Gasteiger partial charge < -0.3 is 11.1 Å². The number of nitriles is 1. The number of allylic oxidation sites excluding steroid dienone is 2. The van der Waals surface area contributed by atoms with Crippen molar-refractivity contribution in [3.63, 3.8) is 0 Å². The van der Waals surface area contributed by atoms with Crippen LogP contribution < -0.4 is 11.1 Å². The van der Waals surface area contributed by atoms with Gasteiger partial charge in [0.05, 0.1) is 11.0 Å². The average Bonchev–Trinajstić information content (AvgIpc) is 2.71. The van der Waals surface area contributed by atoms with Gasteiger partial charge in [0.1, 0.15) is 11.0 Å². The van der Waals surface area contributed by atoms with E-state index >= 15 is 0 Å². The lowest BCUT2D eigenvalue weighted by Crippen LogP contribution is -2.35. The SMILES string of the molecule is C=C(N)C(=C)CCN(C(C)/C=C(\C)C#N)S(=O)c1cccc(C=O)c1/C=C\NC. The lowest BCUT2D eigenvalue weighted by atomic mass is 10.1. The van der Waals surface area contributed by atoms with Gasteiger partial charge in [0.25, 0.3) is 0 Å². The van der Waals surface area contributed by atoms with Crippen LogP contribution in [0.4, 0.5) is 0 Å². The van der Waals surface area contributed by atoms with Crippen molar-refractivity contribution < 1.29 is 9.00 Å². The van der Waals surface area contributed by atoms with Crippen molar-refractivity contribution in [1.29, 1.82) is 5.26 Å². The minimum atomic E-state index is -1.60. The van der Waals surface area contributed by atoms with Gasteiger partial charge in [-0.05, 0) is 44.2 Å². The first-order valence-corrected chi connectivity index (χ1v) is 10.2. The average molecular weight is 413 g/mol. The highest BCUT2D eigenvalue weighted by Gasteiger charge is 2.23. The van der Waals surface area contributed by atoms with Crippen molar-refractivity contribution >= 4 is 23.3 Å². The molecule has 7 heteroatoms. The number of aldehydes is 1. The second-order valence-corrected chi connectivity index (χ2v) is 7.88. The molecular formula is C22H28N4O2S. The normalized spacial score (nSPS) is 13.7. The number of nitrogens with zero attached hydrogens (tertiary/aromatic N) is 2. The summed E-state index contributed by atoms with van der Waals surface area (Å²) in [6, 6.07) is 6.90. The van der Waals surface area contributed by atoms with Gasteiger partial charge in [-0.1, -0.05) is 31.4 Å². The number of benzene rings is 1. The van der Waals surface area contributed by atoms with Crippen LogP contribution in [0.25, 0.3) is 6.08 Å². The number of rotatable bonds is 11. The maximum Gasteiger partial charge on any atom is 0.150 e. The van der Waals surface area contributed by atoms with E-state index in [1.807, 2.05) is 6.92 Å². The largest absolute Gasteiger partial charge is 0.399 e. The summed E-state index contributed by atoms with van der Waals surface area (Å²) in [4.78, 5) is 12.0. The molecule has 2 unspecified atom stereocenters. The Morgan fingerprint density at radius 3 is 2.69 bits per heavy atom. The van der Waals surface area contributed by atoms with E-state index in [2.05, 4.69) is 24.5 Å². The number of nitrogens with one attached hydrogen (secondary N) is 1. The second-order valence-electron chi connectivity index (χ2n) is 6.47. The zero-order valence-corrected chi connectivity index (χ0v) is 18.0. The van der Waals surface area contributed by atoms with Crippen molar-refractivity contribution in [2.45, 2.75) is 31.2 Å². The van der Waals surface area contributed by atoms with E-state index in [1.165, 1.54) is 0 Å². The molecule has 154 valence electrons. The Labute approximate surface area is 175 Å². The van der Waals surface area contributed by atoms with Gasteiger partial charge in [-0.25, -0.2) is 8.51 Å². The molecule has 29 heavy (non-hydrogen) atoms. The molecule has 0 aliphatic carbocycles. The summed E-state index contributed by atoms with van der Waals surface area (Å²) in [7, 11) is 0.145. The van der Waals surface area contributed by atoms with Crippen molar-refractivity contribution in [3.05, 3.63) is 71.6 Å². The van der Waals surface area contributed by atoms with Crippen molar-refractivity contribution in [1.82, 2.24) is 9.62 Å². The molecule has 1 aromatic rings. The molecule has 0 radical (unpaired) electrons. The Bertz CT molecular complexity index is 897. The lowest BCUT2D eigenvalue weighted by Gasteiger charge is -2.27. The van der Waals surface area contributed by atoms with Gasteiger partial charge in [0.15, 0.2) is 6.29 Å². The summed E-state index contributed by atoms with van der Waals surface area (Å²) in [5.41, 5.74) is 8.30. The van der Waals surface area contributed by atoms with Gasteiger partial charge in [-0.3, -0.25) is 4.79 Å². The molecule has 0 amide bonds. The third-order valence-electron chi connectivity index (χ3n) is 4.25. The van der Waals surface area contributed by atoms with Gasteiger partial charge in [-0.2, -0.15) is 5.26 Å². The smallest absolute Gasteiger partial charge is 0.150 e. The lowest BCUT2D eigenvalue weighted by molar-refractivity contribution is 0.112. The molecule has 0 bridgehead atoms. The molecule has 0 heterocycles. The summed E-state index contributed by atoms with van der Waals surface area (Å²) >= 11 is 0. The maximum atomic E-state index is 13.6. The molecule has 6 nitrogen and oxygen atoms in total. The zero-order valence-electron chi connectivity index (χ0n) is 17.1. The van der Waals surface area contributed by atoms with Gasteiger partial charge in [0, 0.05) is 42.0 Å². The van der Waals surface area contributed by atoms with Crippen molar-refractivity contribution in [3.8, 4) is 6.07 Å². The summed E-state index contributed by atoms with van der Waals surface area (Å²) in [6.07, 6.45) is 6.36. The molecule has 2 atom stereocenters. The van der Waals surface area contributed by atoms with Crippen LogP contribution in [0.5, 0.6) is 0 Å². The molecule has 1 rings (SSSR count). The Kier molecular flexibility index (Phi) is 9.80. The van der Waals surface area contributed by atoms with Crippen molar-refractivity contribution in [2.24, 2.45) is 5.73 Å². The van der Waals surface area contributed by atoms with E-state index in [0.29, 0.717) is 45.8 Å². The first-order chi connectivity index (χ1) is 13.8. The predicted octanol–water partition coefficient (Wildman–Crippen LogP) is 3.29. The van der Waals surface area contributed by atoms with E-state index in [-0.39, 0.29) is 6.04 Å². The molecule has 1 aromatic carbocycles. The monoisotopic (exact) mass is 412 g/mol. The fourth-order valence-electron chi connectivity index (χ4n) is 2.61. The minimum absolute atomic E-state index is 0.296. The number of hydrogen-bond acceptors (Lipinski definition) is 5. The topological polar surface area (TPSA) is 99.2 Å². The highest BCUT2D eigenvalue weighted by atomic mass is 32.2. The first kappa shape index (κ1) is 24.1. The van der Waals surface area contributed by atoms with Crippen LogP contribution >= 0.6 is 0 Å². The maximum absolute atomic E-state index is 13.6. The molecule has 0 aromatic heterocycles. The molecule has 0 saturated heterocycles. The van der Waals surface area contributed by atoms with E-state index in [0.717, 1.165) is 6.29 Å². The number of carbonyl (C=O) groups excluding carboxylic acids is 1. The van der Waals surface area contributed by atoms with E-state index in [1.54, 1.807) is 54.8 Å². The van der Waals surface area contributed by atoms with Crippen LogP contribution in [-0.2, 0) is 11.0 Å². The Hall–Kier alpha value is -2.95. The number of carbonyl (C=O) groups is 1. The highest BCUT2D eigenvalue weighted by Crippen LogP contribution is 2.24. The third kappa shape index (κ3) is 6.86. The van der Waals surface area contributed by atoms with Crippen molar-refractivity contribution in [2.75, 3.05) is 13.6 Å². The zero-order chi connectivity index (χ0) is 22.0. The summed E-state index contributed by atoms with van der Waals surface area (Å²) < 4.78 is 15.3. The fraction of sp³-hybridized carbons (Fsp3) is 0.273. The number of nitrogens with two attached hydrogens (primary N) is 1. The van der Waals surface area contributed by atoms with E-state index in [9.17, 15) is 9.00 Å². The standard InChI is InChI=1S/C22H28N4O2S/c1-16(14-23)13-18(3)26(12-10-17(2)19(4)24)29(28)22-8-6-7-20(15-27)21(22)9-11-25-5/h6-9,11,13,15,18,25H,2,4,10,12,24H2,1,3,5H3/b11-9-,16-13+. The van der Waals surface area contributed by atoms with Crippen LogP contribution in [0, 0.1) is 11.3 Å². The highest BCUT2D eigenvalue weighted by molar-refractivity contribution is 7.82. The summed E-state index contributed by atoms with van der Waals surface area (Å²) in [6.45, 7) is 11.5. The van der Waals surface area contributed by atoms with Crippen LogP contribution in [0.15, 0.2) is 65.4 Å². The van der Waals surface area contributed by atoms with Crippen LogP contribution in [0.1, 0.15) is 36.2 Å². The molecule has 0 fully saturated rings. The van der Waals surface area contributed by atoms with Crippen LogP contribution in [-0.4, -0.2) is 34.4 Å². The minimum Gasteiger partial charge on any atom is -0.399 e. The molecule has 0 aliphatic rings.